The average Bonchev–Trinajstić information content (AvgIpc) is 3.32. The monoisotopic (exact) mass is 397 g/mol. The number of amides is 2. The van der Waals surface area contributed by atoms with Crippen molar-refractivity contribution in [3.05, 3.63) is 65.2 Å². The summed E-state index contributed by atoms with van der Waals surface area (Å²) >= 11 is 6.05. The number of halogens is 1. The van der Waals surface area contributed by atoms with Crippen molar-refractivity contribution in [1.82, 2.24) is 4.90 Å². The van der Waals surface area contributed by atoms with E-state index in [9.17, 15) is 9.59 Å². The number of hydrogen-bond donors (Lipinski definition) is 1. The lowest BCUT2D eigenvalue weighted by Gasteiger charge is -2.21. The molecule has 0 aromatic heterocycles. The Bertz CT molecular complexity index is 873. The molecule has 0 spiro atoms. The van der Waals surface area contributed by atoms with Crippen molar-refractivity contribution in [1.29, 1.82) is 0 Å². The van der Waals surface area contributed by atoms with E-state index in [1.807, 2.05) is 35.2 Å². The van der Waals surface area contributed by atoms with Crippen LogP contribution in [-0.2, 0) is 9.59 Å². The van der Waals surface area contributed by atoms with Crippen molar-refractivity contribution in [3.63, 3.8) is 0 Å². The van der Waals surface area contributed by atoms with Crippen LogP contribution in [-0.4, -0.2) is 42.9 Å². The van der Waals surface area contributed by atoms with Gasteiger partial charge >= 0.3 is 0 Å². The Morgan fingerprint density at radius 3 is 2.61 bits per heavy atom. The summed E-state index contributed by atoms with van der Waals surface area (Å²) in [6, 6.07) is 17.4. The summed E-state index contributed by atoms with van der Waals surface area (Å²) in [5.41, 5.74) is 7.94. The minimum atomic E-state index is -0.619. The molecular weight excluding hydrogens is 374 g/mol. The SMILES string of the molecule is NC[C@@H]1CN(C(=O)C2CCN(c3cccc(Cl)c3)C2=O)C[C@H]1c1ccccc1. The summed E-state index contributed by atoms with van der Waals surface area (Å²) < 4.78 is 0. The predicted molar refractivity (Wildman–Crippen MR) is 110 cm³/mol. The molecule has 2 aromatic rings. The van der Waals surface area contributed by atoms with E-state index < -0.39 is 5.92 Å². The highest BCUT2D eigenvalue weighted by atomic mass is 35.5. The van der Waals surface area contributed by atoms with Crippen molar-refractivity contribution in [2.45, 2.75) is 12.3 Å². The Morgan fingerprint density at radius 2 is 1.89 bits per heavy atom. The number of benzene rings is 2. The first-order valence-corrected chi connectivity index (χ1v) is 10.1. The fourth-order valence-electron chi connectivity index (χ4n) is 4.40. The number of anilines is 1. The van der Waals surface area contributed by atoms with Crippen LogP contribution >= 0.6 is 11.6 Å². The second-order valence-corrected chi connectivity index (χ2v) is 8.00. The van der Waals surface area contributed by atoms with Crippen LogP contribution in [0.1, 0.15) is 17.9 Å². The normalized spacial score (nSPS) is 24.8. The third-order valence-corrected chi connectivity index (χ3v) is 6.14. The molecule has 2 saturated heterocycles. The number of rotatable bonds is 4. The molecule has 1 unspecified atom stereocenters. The molecule has 28 heavy (non-hydrogen) atoms. The fourth-order valence-corrected chi connectivity index (χ4v) is 4.58. The second-order valence-electron chi connectivity index (χ2n) is 7.57. The van der Waals surface area contributed by atoms with Crippen LogP contribution in [0, 0.1) is 11.8 Å². The van der Waals surface area contributed by atoms with E-state index in [1.165, 1.54) is 5.56 Å². The smallest absolute Gasteiger partial charge is 0.239 e. The van der Waals surface area contributed by atoms with Gasteiger partial charge in [0.2, 0.25) is 11.8 Å². The largest absolute Gasteiger partial charge is 0.341 e. The minimum absolute atomic E-state index is 0.0774. The Hall–Kier alpha value is -2.37. The van der Waals surface area contributed by atoms with E-state index in [2.05, 4.69) is 12.1 Å². The molecule has 5 nitrogen and oxygen atoms in total. The van der Waals surface area contributed by atoms with Gasteiger partial charge in [-0.1, -0.05) is 48.0 Å². The predicted octanol–water partition coefficient (Wildman–Crippen LogP) is 2.89. The van der Waals surface area contributed by atoms with Gasteiger partial charge in [0.15, 0.2) is 0 Å². The minimum Gasteiger partial charge on any atom is -0.341 e. The first-order chi connectivity index (χ1) is 13.6. The first kappa shape index (κ1) is 19.0. The van der Waals surface area contributed by atoms with Crippen molar-refractivity contribution in [3.8, 4) is 0 Å². The standard InChI is InChI=1S/C22H24ClN3O2/c23-17-7-4-8-18(11-17)26-10-9-19(22(26)28)21(27)25-13-16(12-24)20(14-25)15-5-2-1-3-6-15/h1-8,11,16,19-20H,9-10,12-14,24H2/t16-,19?,20+/m1/s1. The van der Waals surface area contributed by atoms with E-state index in [4.69, 9.17) is 17.3 Å². The summed E-state index contributed by atoms with van der Waals surface area (Å²) in [7, 11) is 0. The Labute approximate surface area is 170 Å². The molecule has 0 bridgehead atoms. The molecule has 0 saturated carbocycles. The quantitative estimate of drug-likeness (QED) is 0.806. The van der Waals surface area contributed by atoms with Crippen LogP contribution in [0.2, 0.25) is 5.02 Å². The lowest BCUT2D eigenvalue weighted by molar-refractivity contribution is -0.139. The van der Waals surface area contributed by atoms with Gasteiger partial charge in [-0.15, -0.1) is 0 Å². The van der Waals surface area contributed by atoms with Gasteiger partial charge in [0.1, 0.15) is 5.92 Å². The molecule has 2 aromatic carbocycles. The summed E-state index contributed by atoms with van der Waals surface area (Å²) in [6.45, 7) is 2.28. The summed E-state index contributed by atoms with van der Waals surface area (Å²) in [5.74, 6) is -0.402. The molecule has 2 heterocycles. The topological polar surface area (TPSA) is 66.6 Å². The molecule has 2 N–H and O–H groups in total. The number of likely N-dealkylation sites (tertiary alicyclic amines) is 1. The third kappa shape index (κ3) is 3.52. The van der Waals surface area contributed by atoms with Gasteiger partial charge in [0.05, 0.1) is 0 Å². The average molecular weight is 398 g/mol. The zero-order chi connectivity index (χ0) is 19.7. The van der Waals surface area contributed by atoms with Gasteiger partial charge < -0.3 is 15.5 Å². The maximum atomic E-state index is 13.2. The number of nitrogens with two attached hydrogens (primary N) is 1. The number of hydrogen-bond acceptors (Lipinski definition) is 3. The van der Waals surface area contributed by atoms with Gasteiger partial charge in [-0.25, -0.2) is 0 Å². The molecule has 146 valence electrons. The van der Waals surface area contributed by atoms with Crippen molar-refractivity contribution in [2.24, 2.45) is 17.6 Å². The maximum Gasteiger partial charge on any atom is 0.239 e. The Kier molecular flexibility index (Phi) is 5.38. The van der Waals surface area contributed by atoms with E-state index in [-0.39, 0.29) is 23.7 Å². The molecule has 0 aliphatic carbocycles. The van der Waals surface area contributed by atoms with Crippen molar-refractivity contribution in [2.75, 3.05) is 31.1 Å². The van der Waals surface area contributed by atoms with Gasteiger partial charge in [-0.2, -0.15) is 0 Å². The molecule has 3 atom stereocenters. The highest BCUT2D eigenvalue weighted by Gasteiger charge is 2.43. The first-order valence-electron chi connectivity index (χ1n) is 9.69. The highest BCUT2D eigenvalue weighted by Crippen LogP contribution is 2.35. The Balaban J connectivity index is 1.48. The van der Waals surface area contributed by atoms with Crippen LogP contribution in [0.4, 0.5) is 5.69 Å². The van der Waals surface area contributed by atoms with E-state index in [1.54, 1.807) is 17.0 Å². The molecule has 4 rings (SSSR count). The van der Waals surface area contributed by atoms with Crippen LogP contribution < -0.4 is 10.6 Å². The Morgan fingerprint density at radius 1 is 1.11 bits per heavy atom. The molecule has 2 aliphatic rings. The van der Waals surface area contributed by atoms with Crippen molar-refractivity contribution >= 4 is 29.1 Å². The zero-order valence-electron chi connectivity index (χ0n) is 15.6. The van der Waals surface area contributed by atoms with Crippen molar-refractivity contribution < 1.29 is 9.59 Å². The number of nitrogens with zero attached hydrogens (tertiary/aromatic N) is 2. The van der Waals surface area contributed by atoms with Crippen LogP contribution in [0.25, 0.3) is 0 Å². The second kappa shape index (κ2) is 7.94. The highest BCUT2D eigenvalue weighted by molar-refractivity contribution is 6.31. The molecule has 6 heteroatoms. The van der Waals surface area contributed by atoms with Crippen LogP contribution in [0.15, 0.2) is 54.6 Å². The number of carbonyl (C=O) groups is 2. The molecule has 2 amide bonds. The summed E-state index contributed by atoms with van der Waals surface area (Å²) in [5, 5.41) is 0.580. The summed E-state index contributed by atoms with van der Waals surface area (Å²) in [4.78, 5) is 29.6. The lowest BCUT2D eigenvalue weighted by atomic mass is 9.89. The molecule has 2 aliphatic heterocycles. The molecular formula is C22H24ClN3O2. The summed E-state index contributed by atoms with van der Waals surface area (Å²) in [6.07, 6.45) is 0.532. The van der Waals surface area contributed by atoms with Crippen LogP contribution in [0.3, 0.4) is 0 Å². The molecule has 2 fully saturated rings. The lowest BCUT2D eigenvalue weighted by Crippen LogP contribution is -2.39. The van der Waals surface area contributed by atoms with Gasteiger partial charge in [-0.3, -0.25) is 9.59 Å². The third-order valence-electron chi connectivity index (χ3n) is 5.91. The zero-order valence-corrected chi connectivity index (χ0v) is 16.4. The maximum absolute atomic E-state index is 13.2. The van der Waals surface area contributed by atoms with Gasteiger partial charge in [0.25, 0.3) is 0 Å². The van der Waals surface area contributed by atoms with Gasteiger partial charge in [-0.05, 0) is 42.6 Å². The number of carbonyl (C=O) groups excluding carboxylic acids is 2. The van der Waals surface area contributed by atoms with Gasteiger partial charge in [0, 0.05) is 36.3 Å². The molecule has 0 radical (unpaired) electrons. The fraction of sp³-hybridized carbons (Fsp3) is 0.364. The van der Waals surface area contributed by atoms with E-state index >= 15 is 0 Å². The van der Waals surface area contributed by atoms with E-state index in [0.717, 1.165) is 5.69 Å². The van der Waals surface area contributed by atoms with Crippen LogP contribution in [0.5, 0.6) is 0 Å². The van der Waals surface area contributed by atoms with E-state index in [0.29, 0.717) is 37.6 Å².